The maximum atomic E-state index is 13.4. The number of ether oxygens (including phenoxy) is 1. The van der Waals surface area contributed by atoms with Crippen molar-refractivity contribution >= 4 is 11.7 Å². The van der Waals surface area contributed by atoms with Gasteiger partial charge in [0, 0.05) is 16.7 Å². The molecule has 0 aromatic heterocycles. The topological polar surface area (TPSA) is 58.9 Å². The first-order chi connectivity index (χ1) is 15.8. The molecule has 0 aromatic carbocycles. The standard InChI is InChI=1S/C30H47NO3/c1-25(2)14-16-30-17-15-28(6)18(22(30)23(25)34-24(30)32)8-9-20-27(5)12-11-21(31-33)26(3,4)19(27)10-13-29(20,28)7/h18-20,22-23,33H,8-17H2,1-7H3/b31-21-/t18-,19-,20-,22-,23+,27-,28+,29+,30+/m0/s1. The highest BCUT2D eigenvalue weighted by Crippen LogP contribution is 2.78. The van der Waals surface area contributed by atoms with Gasteiger partial charge in [0.2, 0.25) is 0 Å². The number of rotatable bonds is 0. The minimum absolute atomic E-state index is 0.0375. The molecule has 1 saturated heterocycles. The highest BCUT2D eigenvalue weighted by molar-refractivity contribution is 5.90. The molecule has 6 aliphatic rings. The summed E-state index contributed by atoms with van der Waals surface area (Å²) in [5, 5.41) is 13.5. The van der Waals surface area contributed by atoms with Gasteiger partial charge in [-0.05, 0) is 98.2 Å². The lowest BCUT2D eigenvalue weighted by atomic mass is 9.31. The Bertz CT molecular complexity index is 953. The molecule has 2 bridgehead atoms. The number of esters is 1. The van der Waals surface area contributed by atoms with E-state index in [-0.39, 0.29) is 44.6 Å². The Kier molecular flexibility index (Phi) is 4.55. The largest absolute Gasteiger partial charge is 0.461 e. The molecular formula is C30H47NO3. The molecule has 5 aliphatic carbocycles. The summed E-state index contributed by atoms with van der Waals surface area (Å²) in [7, 11) is 0. The number of fused-ring (bicyclic) bond motifs is 5. The molecule has 34 heavy (non-hydrogen) atoms. The van der Waals surface area contributed by atoms with E-state index in [4.69, 9.17) is 4.74 Å². The van der Waals surface area contributed by atoms with Crippen LogP contribution in [0.3, 0.4) is 0 Å². The first-order valence-corrected chi connectivity index (χ1v) is 14.2. The van der Waals surface area contributed by atoms with Gasteiger partial charge in [-0.1, -0.05) is 53.6 Å². The van der Waals surface area contributed by atoms with E-state index in [0.29, 0.717) is 23.7 Å². The Labute approximate surface area is 206 Å². The summed E-state index contributed by atoms with van der Waals surface area (Å²) < 4.78 is 6.28. The fourth-order valence-corrected chi connectivity index (χ4v) is 11.8. The van der Waals surface area contributed by atoms with Crippen molar-refractivity contribution < 1.29 is 14.7 Å². The summed E-state index contributed by atoms with van der Waals surface area (Å²) in [4.78, 5) is 13.4. The van der Waals surface area contributed by atoms with E-state index in [9.17, 15) is 10.0 Å². The Balaban J connectivity index is 1.41. The number of carbonyl (C=O) groups is 1. The van der Waals surface area contributed by atoms with Gasteiger partial charge < -0.3 is 9.94 Å². The fourth-order valence-electron chi connectivity index (χ4n) is 11.8. The molecule has 6 rings (SSSR count). The van der Waals surface area contributed by atoms with Crippen molar-refractivity contribution in [3.05, 3.63) is 0 Å². The second-order valence-electron chi connectivity index (χ2n) is 15.4. The molecule has 190 valence electrons. The molecule has 0 unspecified atom stereocenters. The molecule has 1 heterocycles. The molecule has 1 N–H and O–H groups in total. The summed E-state index contributed by atoms with van der Waals surface area (Å²) in [6.07, 6.45) is 11.5. The Morgan fingerprint density at radius 2 is 1.53 bits per heavy atom. The molecule has 5 saturated carbocycles. The Morgan fingerprint density at radius 3 is 2.24 bits per heavy atom. The van der Waals surface area contributed by atoms with Crippen molar-refractivity contribution in [2.45, 2.75) is 119 Å². The van der Waals surface area contributed by atoms with Crippen molar-refractivity contribution in [2.75, 3.05) is 0 Å². The molecule has 4 nitrogen and oxygen atoms in total. The summed E-state index contributed by atoms with van der Waals surface area (Å²) in [5.74, 6) is 2.40. The molecule has 6 fully saturated rings. The minimum atomic E-state index is -0.200. The maximum Gasteiger partial charge on any atom is 0.312 e. The molecule has 9 atom stereocenters. The second kappa shape index (κ2) is 6.62. The summed E-state index contributed by atoms with van der Waals surface area (Å²) in [5.41, 5.74) is 1.69. The van der Waals surface area contributed by atoms with Crippen molar-refractivity contribution in [1.82, 2.24) is 0 Å². The SMILES string of the molecule is CC1(C)CC[C@@]23CC[C@]4(C)[C@@H](CC[C@H]5[C@@]6(C)CC/C(=N/O)C(C)(C)[C@@H]6CC[C@]54C)[C@H]2[C@H]1OC3=O. The first-order valence-electron chi connectivity index (χ1n) is 14.2. The van der Waals surface area contributed by atoms with Crippen LogP contribution in [-0.2, 0) is 9.53 Å². The van der Waals surface area contributed by atoms with Gasteiger partial charge in [0.1, 0.15) is 6.10 Å². The van der Waals surface area contributed by atoms with Crippen LogP contribution < -0.4 is 0 Å². The summed E-state index contributed by atoms with van der Waals surface area (Å²) in [6, 6.07) is 0. The van der Waals surface area contributed by atoms with E-state index >= 15 is 0 Å². The van der Waals surface area contributed by atoms with Crippen molar-refractivity contribution in [1.29, 1.82) is 0 Å². The average Bonchev–Trinajstić information content (AvgIpc) is 3.01. The first kappa shape index (κ1) is 23.3. The normalized spacial score (nSPS) is 56.0. The van der Waals surface area contributed by atoms with E-state index in [2.05, 4.69) is 53.6 Å². The van der Waals surface area contributed by atoms with Crippen molar-refractivity contribution in [2.24, 2.45) is 61.3 Å². The van der Waals surface area contributed by atoms with Crippen LogP contribution >= 0.6 is 0 Å². The minimum Gasteiger partial charge on any atom is -0.461 e. The van der Waals surface area contributed by atoms with Crippen LogP contribution in [0.2, 0.25) is 0 Å². The molecule has 0 radical (unpaired) electrons. The zero-order valence-electron chi connectivity index (χ0n) is 22.7. The van der Waals surface area contributed by atoms with Gasteiger partial charge in [-0.25, -0.2) is 0 Å². The molecule has 0 spiro atoms. The summed E-state index contributed by atoms with van der Waals surface area (Å²) in [6.45, 7) is 17.2. The average molecular weight is 470 g/mol. The lowest BCUT2D eigenvalue weighted by Gasteiger charge is -2.72. The number of oxime groups is 1. The zero-order chi connectivity index (χ0) is 24.5. The van der Waals surface area contributed by atoms with Gasteiger partial charge in [0.15, 0.2) is 0 Å². The Morgan fingerprint density at radius 1 is 0.824 bits per heavy atom. The smallest absolute Gasteiger partial charge is 0.312 e. The van der Waals surface area contributed by atoms with Crippen molar-refractivity contribution in [3.8, 4) is 0 Å². The molecule has 0 aromatic rings. The van der Waals surface area contributed by atoms with Gasteiger partial charge in [-0.2, -0.15) is 0 Å². The quantitative estimate of drug-likeness (QED) is 0.231. The van der Waals surface area contributed by atoms with Gasteiger partial charge in [0.05, 0.1) is 11.1 Å². The number of carbonyl (C=O) groups excluding carboxylic acids is 1. The number of nitrogens with zero attached hydrogens (tertiary/aromatic N) is 1. The lowest BCUT2D eigenvalue weighted by molar-refractivity contribution is -0.235. The third kappa shape index (κ3) is 2.43. The summed E-state index contributed by atoms with van der Waals surface area (Å²) >= 11 is 0. The van der Waals surface area contributed by atoms with E-state index in [1.54, 1.807) is 0 Å². The van der Waals surface area contributed by atoms with Crippen LogP contribution in [-0.4, -0.2) is 23.0 Å². The van der Waals surface area contributed by atoms with E-state index in [1.807, 2.05) is 0 Å². The lowest BCUT2D eigenvalue weighted by Crippen LogP contribution is -2.67. The Hall–Kier alpha value is -1.06. The molecule has 0 amide bonds. The van der Waals surface area contributed by atoms with Crippen LogP contribution in [0.1, 0.15) is 113 Å². The highest BCUT2D eigenvalue weighted by Gasteiger charge is 2.75. The van der Waals surface area contributed by atoms with E-state index < -0.39 is 0 Å². The van der Waals surface area contributed by atoms with Crippen LogP contribution in [0, 0.1) is 56.2 Å². The van der Waals surface area contributed by atoms with Crippen LogP contribution in [0.15, 0.2) is 5.16 Å². The maximum absolute atomic E-state index is 13.4. The van der Waals surface area contributed by atoms with Crippen LogP contribution in [0.4, 0.5) is 0 Å². The van der Waals surface area contributed by atoms with Crippen LogP contribution in [0.25, 0.3) is 0 Å². The predicted octanol–water partition coefficient (Wildman–Crippen LogP) is 7.23. The molecule has 4 heteroatoms. The van der Waals surface area contributed by atoms with Gasteiger partial charge in [0.25, 0.3) is 0 Å². The van der Waals surface area contributed by atoms with E-state index in [1.165, 1.54) is 32.1 Å². The zero-order valence-corrected chi connectivity index (χ0v) is 22.7. The number of hydrogen-bond acceptors (Lipinski definition) is 4. The van der Waals surface area contributed by atoms with E-state index in [0.717, 1.165) is 37.8 Å². The van der Waals surface area contributed by atoms with Gasteiger partial charge >= 0.3 is 5.97 Å². The third-order valence-corrected chi connectivity index (χ3v) is 14.0. The third-order valence-electron chi connectivity index (χ3n) is 14.0. The van der Waals surface area contributed by atoms with Gasteiger partial charge in [-0.3, -0.25) is 4.79 Å². The number of hydrogen-bond donors (Lipinski definition) is 1. The molecular weight excluding hydrogens is 422 g/mol. The predicted molar refractivity (Wildman–Crippen MR) is 134 cm³/mol. The van der Waals surface area contributed by atoms with Crippen molar-refractivity contribution in [3.63, 3.8) is 0 Å². The second-order valence-corrected chi connectivity index (χ2v) is 15.4. The molecule has 1 aliphatic heterocycles. The monoisotopic (exact) mass is 469 g/mol. The van der Waals surface area contributed by atoms with Gasteiger partial charge in [-0.15, -0.1) is 0 Å². The van der Waals surface area contributed by atoms with Crippen LogP contribution in [0.5, 0.6) is 0 Å². The fraction of sp³-hybridized carbons (Fsp3) is 0.933. The highest BCUT2D eigenvalue weighted by atomic mass is 16.6.